The SMILES string of the molecule is CCCc1ccc(C(O)CNC(C(=O)O)C(C)C)cc1. The number of rotatable bonds is 8. The average molecular weight is 279 g/mol. The molecule has 20 heavy (non-hydrogen) atoms. The lowest BCUT2D eigenvalue weighted by atomic mass is 10.0. The van der Waals surface area contributed by atoms with E-state index in [-0.39, 0.29) is 12.5 Å². The third-order valence-electron chi connectivity index (χ3n) is 3.37. The number of carbonyl (C=O) groups is 1. The van der Waals surface area contributed by atoms with Gasteiger partial charge in [-0.25, -0.2) is 0 Å². The number of hydrogen-bond donors (Lipinski definition) is 3. The Bertz CT molecular complexity index is 414. The number of carboxylic acid groups (broad SMARTS) is 1. The molecule has 0 saturated heterocycles. The normalized spacial score (nSPS) is 14.2. The van der Waals surface area contributed by atoms with Crippen molar-refractivity contribution >= 4 is 5.97 Å². The fourth-order valence-corrected chi connectivity index (χ4v) is 2.16. The van der Waals surface area contributed by atoms with Gasteiger partial charge in [0, 0.05) is 6.54 Å². The van der Waals surface area contributed by atoms with Crippen molar-refractivity contribution in [2.45, 2.75) is 45.8 Å². The second kappa shape index (κ2) is 8.02. The van der Waals surface area contributed by atoms with Crippen LogP contribution >= 0.6 is 0 Å². The van der Waals surface area contributed by atoms with Gasteiger partial charge >= 0.3 is 5.97 Å². The van der Waals surface area contributed by atoms with E-state index in [1.807, 2.05) is 38.1 Å². The minimum absolute atomic E-state index is 0.0216. The molecule has 3 N–H and O–H groups in total. The number of aliphatic carboxylic acids is 1. The summed E-state index contributed by atoms with van der Waals surface area (Å²) in [5.41, 5.74) is 2.06. The zero-order valence-electron chi connectivity index (χ0n) is 12.5. The molecule has 0 radical (unpaired) electrons. The van der Waals surface area contributed by atoms with Gasteiger partial charge in [-0.15, -0.1) is 0 Å². The van der Waals surface area contributed by atoms with Crippen LogP contribution in [0.4, 0.5) is 0 Å². The number of benzene rings is 1. The zero-order valence-corrected chi connectivity index (χ0v) is 12.5. The predicted molar refractivity (Wildman–Crippen MR) is 79.7 cm³/mol. The van der Waals surface area contributed by atoms with Gasteiger partial charge in [0.1, 0.15) is 6.04 Å². The standard InChI is InChI=1S/C16H25NO3/c1-4-5-12-6-8-13(9-7-12)14(18)10-17-15(11(2)3)16(19)20/h6-9,11,14-15,17-18H,4-5,10H2,1-3H3,(H,19,20). The largest absolute Gasteiger partial charge is 0.480 e. The van der Waals surface area contributed by atoms with Gasteiger partial charge in [-0.2, -0.15) is 0 Å². The molecule has 0 heterocycles. The van der Waals surface area contributed by atoms with Crippen LogP contribution in [0.2, 0.25) is 0 Å². The first-order valence-electron chi connectivity index (χ1n) is 7.18. The molecule has 2 unspecified atom stereocenters. The molecule has 2 atom stereocenters. The van der Waals surface area contributed by atoms with E-state index in [1.165, 1.54) is 5.56 Å². The Labute approximate surface area is 120 Å². The molecular weight excluding hydrogens is 254 g/mol. The highest BCUT2D eigenvalue weighted by Gasteiger charge is 2.21. The number of aliphatic hydroxyl groups excluding tert-OH is 1. The van der Waals surface area contributed by atoms with Crippen LogP contribution < -0.4 is 5.32 Å². The van der Waals surface area contributed by atoms with Crippen molar-refractivity contribution in [3.63, 3.8) is 0 Å². The lowest BCUT2D eigenvalue weighted by molar-refractivity contribution is -0.140. The monoisotopic (exact) mass is 279 g/mol. The van der Waals surface area contributed by atoms with E-state index in [9.17, 15) is 9.90 Å². The Balaban J connectivity index is 2.57. The van der Waals surface area contributed by atoms with Crippen molar-refractivity contribution < 1.29 is 15.0 Å². The summed E-state index contributed by atoms with van der Waals surface area (Å²) in [6.45, 7) is 6.06. The fourth-order valence-electron chi connectivity index (χ4n) is 2.16. The van der Waals surface area contributed by atoms with Gasteiger partial charge in [-0.1, -0.05) is 51.5 Å². The van der Waals surface area contributed by atoms with Crippen LogP contribution in [0.5, 0.6) is 0 Å². The van der Waals surface area contributed by atoms with Gasteiger partial charge in [0.25, 0.3) is 0 Å². The molecule has 0 saturated carbocycles. The fraction of sp³-hybridized carbons (Fsp3) is 0.562. The van der Waals surface area contributed by atoms with Crippen LogP contribution in [-0.2, 0) is 11.2 Å². The van der Waals surface area contributed by atoms with Gasteiger partial charge in [0.2, 0.25) is 0 Å². The maximum Gasteiger partial charge on any atom is 0.320 e. The van der Waals surface area contributed by atoms with Crippen LogP contribution in [0.3, 0.4) is 0 Å². The predicted octanol–water partition coefficient (Wildman–Crippen LogP) is 2.37. The molecule has 1 rings (SSSR count). The molecule has 4 nitrogen and oxygen atoms in total. The summed E-state index contributed by atoms with van der Waals surface area (Å²) in [6.07, 6.45) is 1.44. The topological polar surface area (TPSA) is 69.6 Å². The third-order valence-corrected chi connectivity index (χ3v) is 3.37. The molecule has 0 amide bonds. The van der Waals surface area contributed by atoms with E-state index in [2.05, 4.69) is 12.2 Å². The van der Waals surface area contributed by atoms with Crippen LogP contribution in [-0.4, -0.2) is 28.8 Å². The van der Waals surface area contributed by atoms with E-state index in [4.69, 9.17) is 5.11 Å². The first-order valence-corrected chi connectivity index (χ1v) is 7.18. The van der Waals surface area contributed by atoms with Crippen molar-refractivity contribution in [1.29, 1.82) is 0 Å². The summed E-state index contributed by atoms with van der Waals surface area (Å²) in [5.74, 6) is -0.905. The van der Waals surface area contributed by atoms with Gasteiger partial charge in [-0.05, 0) is 23.5 Å². The number of carboxylic acids is 1. The Kier molecular flexibility index (Phi) is 6.68. The van der Waals surface area contributed by atoms with Gasteiger partial charge in [-0.3, -0.25) is 4.79 Å². The Hall–Kier alpha value is -1.39. The van der Waals surface area contributed by atoms with Crippen molar-refractivity contribution in [3.05, 3.63) is 35.4 Å². The van der Waals surface area contributed by atoms with Gasteiger partial charge < -0.3 is 15.5 Å². The summed E-state index contributed by atoms with van der Waals surface area (Å²) >= 11 is 0. The lowest BCUT2D eigenvalue weighted by Gasteiger charge is -2.20. The smallest absolute Gasteiger partial charge is 0.320 e. The number of aryl methyl sites for hydroxylation is 1. The minimum atomic E-state index is -0.884. The van der Waals surface area contributed by atoms with Crippen LogP contribution in [0.25, 0.3) is 0 Å². The first kappa shape index (κ1) is 16.7. The van der Waals surface area contributed by atoms with E-state index in [1.54, 1.807) is 0 Å². The number of hydrogen-bond acceptors (Lipinski definition) is 3. The first-order chi connectivity index (χ1) is 9.45. The summed E-state index contributed by atoms with van der Waals surface area (Å²) in [5, 5.41) is 22.1. The van der Waals surface area contributed by atoms with E-state index in [0.717, 1.165) is 18.4 Å². The van der Waals surface area contributed by atoms with E-state index in [0.29, 0.717) is 0 Å². The minimum Gasteiger partial charge on any atom is -0.480 e. The van der Waals surface area contributed by atoms with Gasteiger partial charge in [0.15, 0.2) is 0 Å². The second-order valence-corrected chi connectivity index (χ2v) is 5.48. The molecule has 112 valence electrons. The van der Waals surface area contributed by atoms with Crippen molar-refractivity contribution in [3.8, 4) is 0 Å². The number of nitrogens with one attached hydrogen (secondary N) is 1. The molecule has 0 bridgehead atoms. The summed E-state index contributed by atoms with van der Waals surface area (Å²) < 4.78 is 0. The Morgan fingerprint density at radius 2 is 1.85 bits per heavy atom. The average Bonchev–Trinajstić information content (AvgIpc) is 2.39. The quantitative estimate of drug-likeness (QED) is 0.683. The Morgan fingerprint density at radius 1 is 1.25 bits per heavy atom. The third kappa shape index (κ3) is 4.94. The number of aliphatic hydroxyl groups is 1. The highest BCUT2D eigenvalue weighted by molar-refractivity contribution is 5.73. The lowest BCUT2D eigenvalue weighted by Crippen LogP contribution is -2.42. The molecule has 0 aromatic heterocycles. The summed E-state index contributed by atoms with van der Waals surface area (Å²) in [4.78, 5) is 11.1. The second-order valence-electron chi connectivity index (χ2n) is 5.48. The van der Waals surface area contributed by atoms with Crippen molar-refractivity contribution in [1.82, 2.24) is 5.32 Å². The van der Waals surface area contributed by atoms with Gasteiger partial charge in [0.05, 0.1) is 6.10 Å². The van der Waals surface area contributed by atoms with Crippen molar-refractivity contribution in [2.24, 2.45) is 5.92 Å². The summed E-state index contributed by atoms with van der Waals surface area (Å²) in [7, 11) is 0. The molecule has 1 aromatic rings. The molecule has 0 aliphatic heterocycles. The highest BCUT2D eigenvalue weighted by Crippen LogP contribution is 2.15. The van der Waals surface area contributed by atoms with Crippen LogP contribution in [0.1, 0.15) is 44.4 Å². The molecular formula is C16H25NO3. The molecule has 0 aliphatic carbocycles. The zero-order chi connectivity index (χ0) is 15.1. The molecule has 0 spiro atoms. The van der Waals surface area contributed by atoms with Crippen LogP contribution in [0.15, 0.2) is 24.3 Å². The van der Waals surface area contributed by atoms with E-state index >= 15 is 0 Å². The van der Waals surface area contributed by atoms with Crippen LogP contribution in [0, 0.1) is 5.92 Å². The summed E-state index contributed by atoms with van der Waals surface area (Å²) in [6, 6.07) is 7.20. The maximum absolute atomic E-state index is 11.1. The molecule has 0 fully saturated rings. The highest BCUT2D eigenvalue weighted by atomic mass is 16.4. The van der Waals surface area contributed by atoms with E-state index < -0.39 is 18.1 Å². The Morgan fingerprint density at radius 3 is 2.30 bits per heavy atom. The maximum atomic E-state index is 11.1. The molecule has 0 aliphatic rings. The molecule has 1 aromatic carbocycles. The van der Waals surface area contributed by atoms with Crippen molar-refractivity contribution in [2.75, 3.05) is 6.54 Å². The molecule has 4 heteroatoms.